The second-order valence-electron chi connectivity index (χ2n) is 6.75. The molecule has 0 aliphatic carbocycles. The normalized spacial score (nSPS) is 14.8. The van der Waals surface area contributed by atoms with Crippen molar-refractivity contribution in [2.24, 2.45) is 14.1 Å². The third-order valence-electron chi connectivity index (χ3n) is 5.25. The van der Waals surface area contributed by atoms with Crippen LogP contribution in [0.5, 0.6) is 11.5 Å². The van der Waals surface area contributed by atoms with Crippen molar-refractivity contribution in [2.45, 2.75) is 12.8 Å². The van der Waals surface area contributed by atoms with Gasteiger partial charge in [-0.3, -0.25) is 19.0 Å². The number of anilines is 2. The quantitative estimate of drug-likeness (QED) is 0.554. The predicted molar refractivity (Wildman–Crippen MR) is 104 cm³/mol. The van der Waals surface area contributed by atoms with Gasteiger partial charge in [0.15, 0.2) is 17.3 Å². The van der Waals surface area contributed by atoms with Crippen molar-refractivity contribution < 1.29 is 9.47 Å². The number of aromatic amines is 1. The van der Waals surface area contributed by atoms with Gasteiger partial charge in [-0.25, -0.2) is 4.79 Å². The van der Waals surface area contributed by atoms with Gasteiger partial charge in [-0.05, 0) is 24.6 Å². The standard InChI is InChI=1S/C19H21N5O4/c1-9-13-14(10-6-7-11(27-4)12(8-10)28-5)15-17(20-16(13)22-21-9)23(2)19(26)24(3)18(15)25/h6-8,14H,1-5H3,(H2,20,21,22)/t14-/m0/s1. The maximum atomic E-state index is 13.1. The third kappa shape index (κ3) is 2.35. The summed E-state index contributed by atoms with van der Waals surface area (Å²) < 4.78 is 13.3. The van der Waals surface area contributed by atoms with E-state index in [1.807, 2.05) is 19.1 Å². The van der Waals surface area contributed by atoms with Crippen molar-refractivity contribution in [3.8, 4) is 11.5 Å². The van der Waals surface area contributed by atoms with E-state index in [1.165, 1.54) is 11.6 Å². The molecule has 0 fully saturated rings. The van der Waals surface area contributed by atoms with E-state index in [0.717, 1.165) is 21.4 Å². The zero-order chi connectivity index (χ0) is 20.2. The minimum atomic E-state index is -0.421. The molecule has 146 valence electrons. The Hall–Kier alpha value is -3.49. The highest BCUT2D eigenvalue weighted by Crippen LogP contribution is 2.44. The smallest absolute Gasteiger partial charge is 0.332 e. The van der Waals surface area contributed by atoms with Crippen LogP contribution in [0.4, 0.5) is 11.6 Å². The molecule has 1 aliphatic heterocycles. The molecule has 4 rings (SSSR count). The number of ether oxygens (including phenoxy) is 2. The van der Waals surface area contributed by atoms with Crippen LogP contribution in [-0.2, 0) is 14.1 Å². The average molecular weight is 383 g/mol. The Morgan fingerprint density at radius 3 is 2.43 bits per heavy atom. The Bertz CT molecular complexity index is 1200. The number of nitrogens with zero attached hydrogens (tertiary/aromatic N) is 3. The number of hydrogen-bond acceptors (Lipinski definition) is 6. The molecule has 1 aromatic carbocycles. The van der Waals surface area contributed by atoms with Crippen LogP contribution >= 0.6 is 0 Å². The van der Waals surface area contributed by atoms with E-state index in [1.54, 1.807) is 27.3 Å². The van der Waals surface area contributed by atoms with Crippen LogP contribution in [0.25, 0.3) is 0 Å². The molecule has 0 bridgehead atoms. The number of fused-ring (bicyclic) bond motifs is 2. The van der Waals surface area contributed by atoms with Crippen molar-refractivity contribution in [3.05, 3.63) is 61.4 Å². The van der Waals surface area contributed by atoms with Crippen molar-refractivity contribution in [1.29, 1.82) is 0 Å². The molecule has 0 saturated carbocycles. The first-order valence-electron chi connectivity index (χ1n) is 8.72. The zero-order valence-electron chi connectivity index (χ0n) is 16.3. The van der Waals surface area contributed by atoms with Crippen molar-refractivity contribution in [1.82, 2.24) is 19.3 Å². The lowest BCUT2D eigenvalue weighted by Crippen LogP contribution is -2.42. The van der Waals surface area contributed by atoms with Gasteiger partial charge in [0.05, 0.1) is 19.8 Å². The highest BCUT2D eigenvalue weighted by atomic mass is 16.5. The topological polar surface area (TPSA) is 103 Å². The number of rotatable bonds is 3. The molecule has 3 heterocycles. The molecular formula is C19H21N5O4. The van der Waals surface area contributed by atoms with Crippen LogP contribution in [0.2, 0.25) is 0 Å². The van der Waals surface area contributed by atoms with Gasteiger partial charge in [0.2, 0.25) is 0 Å². The Morgan fingerprint density at radius 1 is 1.04 bits per heavy atom. The van der Waals surface area contributed by atoms with Crippen molar-refractivity contribution in [2.75, 3.05) is 19.5 Å². The van der Waals surface area contributed by atoms with Gasteiger partial charge in [0.1, 0.15) is 5.82 Å². The molecule has 1 atom stereocenters. The molecule has 0 unspecified atom stereocenters. The van der Waals surface area contributed by atoms with E-state index < -0.39 is 11.6 Å². The third-order valence-corrected chi connectivity index (χ3v) is 5.25. The Balaban J connectivity index is 2.07. The highest BCUT2D eigenvalue weighted by Gasteiger charge is 2.35. The molecular weight excluding hydrogens is 362 g/mol. The fourth-order valence-corrected chi connectivity index (χ4v) is 3.79. The molecule has 28 heavy (non-hydrogen) atoms. The van der Waals surface area contributed by atoms with Gasteiger partial charge in [0, 0.05) is 31.3 Å². The van der Waals surface area contributed by atoms with Gasteiger partial charge < -0.3 is 14.8 Å². The Morgan fingerprint density at radius 2 is 1.75 bits per heavy atom. The number of aryl methyl sites for hydroxylation is 1. The molecule has 2 aromatic heterocycles. The van der Waals surface area contributed by atoms with Crippen LogP contribution in [0.1, 0.15) is 28.3 Å². The lowest BCUT2D eigenvalue weighted by Gasteiger charge is -2.28. The van der Waals surface area contributed by atoms with E-state index >= 15 is 0 Å². The number of H-pyrrole nitrogens is 1. The van der Waals surface area contributed by atoms with Gasteiger partial charge in [0.25, 0.3) is 5.56 Å². The van der Waals surface area contributed by atoms with Crippen molar-refractivity contribution >= 4 is 11.6 Å². The summed E-state index contributed by atoms with van der Waals surface area (Å²) in [5.74, 6) is 1.76. The predicted octanol–water partition coefficient (Wildman–Crippen LogP) is 1.37. The Labute approximate surface area is 160 Å². The van der Waals surface area contributed by atoms with E-state index in [-0.39, 0.29) is 5.56 Å². The van der Waals surface area contributed by atoms with Crippen LogP contribution in [0, 0.1) is 6.92 Å². The molecule has 0 saturated heterocycles. The van der Waals surface area contributed by atoms with Gasteiger partial charge >= 0.3 is 5.69 Å². The van der Waals surface area contributed by atoms with E-state index in [0.29, 0.717) is 28.7 Å². The summed E-state index contributed by atoms with van der Waals surface area (Å²) in [7, 11) is 6.24. The number of nitrogens with one attached hydrogen (secondary N) is 2. The minimum Gasteiger partial charge on any atom is -0.493 e. The maximum Gasteiger partial charge on any atom is 0.332 e. The summed E-state index contributed by atoms with van der Waals surface area (Å²) in [4.78, 5) is 25.5. The summed E-state index contributed by atoms with van der Waals surface area (Å²) in [5, 5.41) is 10.4. The number of aromatic nitrogens is 4. The second kappa shape index (κ2) is 6.29. The summed E-state index contributed by atoms with van der Waals surface area (Å²) in [6.45, 7) is 1.90. The molecule has 2 N–H and O–H groups in total. The fraction of sp³-hybridized carbons (Fsp3) is 0.316. The van der Waals surface area contributed by atoms with E-state index in [9.17, 15) is 9.59 Å². The first-order valence-corrected chi connectivity index (χ1v) is 8.72. The molecule has 9 heteroatoms. The number of benzene rings is 1. The van der Waals surface area contributed by atoms with Crippen LogP contribution in [-0.4, -0.2) is 33.6 Å². The SMILES string of the molecule is COc1ccc([C@H]2c3c(n[nH]c3C)Nc3c2c(=O)n(C)c(=O)n3C)cc1OC. The average Bonchev–Trinajstić information content (AvgIpc) is 3.09. The summed E-state index contributed by atoms with van der Waals surface area (Å²) in [6.07, 6.45) is 0. The van der Waals surface area contributed by atoms with Crippen molar-refractivity contribution in [3.63, 3.8) is 0 Å². The van der Waals surface area contributed by atoms with E-state index in [2.05, 4.69) is 15.5 Å². The second-order valence-corrected chi connectivity index (χ2v) is 6.75. The number of methoxy groups -OCH3 is 2. The lowest BCUT2D eigenvalue weighted by atomic mass is 9.83. The molecule has 3 aromatic rings. The molecule has 1 aliphatic rings. The largest absolute Gasteiger partial charge is 0.493 e. The first-order chi connectivity index (χ1) is 13.4. The summed E-state index contributed by atoms with van der Waals surface area (Å²) >= 11 is 0. The van der Waals surface area contributed by atoms with Gasteiger partial charge in [-0.2, -0.15) is 5.10 Å². The van der Waals surface area contributed by atoms with Gasteiger partial charge in [-0.1, -0.05) is 6.07 Å². The van der Waals surface area contributed by atoms with Gasteiger partial charge in [-0.15, -0.1) is 0 Å². The van der Waals surface area contributed by atoms with Crippen LogP contribution in [0.15, 0.2) is 27.8 Å². The summed E-state index contributed by atoms with van der Waals surface area (Å²) in [6, 6.07) is 5.54. The van der Waals surface area contributed by atoms with E-state index in [4.69, 9.17) is 9.47 Å². The molecule has 0 spiro atoms. The highest BCUT2D eigenvalue weighted by molar-refractivity contribution is 5.72. The van der Waals surface area contributed by atoms with Crippen LogP contribution < -0.4 is 26.0 Å². The molecule has 9 nitrogen and oxygen atoms in total. The fourth-order valence-electron chi connectivity index (χ4n) is 3.79. The van der Waals surface area contributed by atoms with Crippen LogP contribution in [0.3, 0.4) is 0 Å². The zero-order valence-corrected chi connectivity index (χ0v) is 16.3. The minimum absolute atomic E-state index is 0.350. The summed E-state index contributed by atoms with van der Waals surface area (Å²) in [5.41, 5.74) is 2.25. The monoisotopic (exact) mass is 383 g/mol. The lowest BCUT2D eigenvalue weighted by molar-refractivity contribution is 0.354. The Kier molecular flexibility index (Phi) is 4.02. The molecule has 0 amide bonds. The maximum absolute atomic E-state index is 13.1. The number of hydrogen-bond donors (Lipinski definition) is 2. The first kappa shape index (κ1) is 17.9. The molecule has 0 radical (unpaired) electrons.